The highest BCUT2D eigenvalue weighted by Gasteiger charge is 2.23. The molecule has 0 aromatic heterocycles. The van der Waals surface area contributed by atoms with E-state index in [9.17, 15) is 15.2 Å². The Bertz CT molecular complexity index is 776. The fourth-order valence-corrected chi connectivity index (χ4v) is 3.39. The molecule has 0 aliphatic carbocycles. The van der Waals surface area contributed by atoms with Gasteiger partial charge in [-0.25, -0.2) is 0 Å². The van der Waals surface area contributed by atoms with Gasteiger partial charge in [-0.3, -0.25) is 10.1 Å². The third kappa shape index (κ3) is 5.11. The fraction of sp³-hybridized carbons (Fsp3) is 0.400. The molecule has 0 unspecified atom stereocenters. The number of nitrogens with one attached hydrogen (secondary N) is 1. The Morgan fingerprint density at radius 3 is 2.50 bits per heavy atom. The van der Waals surface area contributed by atoms with Crippen LogP contribution in [0.5, 0.6) is 11.5 Å². The summed E-state index contributed by atoms with van der Waals surface area (Å²) in [5.74, 6) is 1.03. The van der Waals surface area contributed by atoms with Gasteiger partial charge in [-0.15, -0.1) is 0 Å². The van der Waals surface area contributed by atoms with Crippen molar-refractivity contribution in [3.63, 3.8) is 0 Å². The SMILES string of the molecule is COc1ccc(N2CC[NH+](C[C@@H](O)COc3ccccc3[N+](=O)[O-])CC2)cc1. The highest BCUT2D eigenvalue weighted by atomic mass is 16.6. The van der Waals surface area contributed by atoms with Crippen LogP contribution in [0.3, 0.4) is 0 Å². The second-order valence-electron chi connectivity index (χ2n) is 6.83. The maximum Gasteiger partial charge on any atom is 0.310 e. The van der Waals surface area contributed by atoms with E-state index in [1.165, 1.54) is 16.7 Å². The minimum atomic E-state index is -0.678. The van der Waals surface area contributed by atoms with Crippen molar-refractivity contribution in [1.82, 2.24) is 0 Å². The van der Waals surface area contributed by atoms with Crippen molar-refractivity contribution in [3.8, 4) is 11.5 Å². The van der Waals surface area contributed by atoms with E-state index in [0.717, 1.165) is 31.9 Å². The number of hydrogen-bond donors (Lipinski definition) is 2. The lowest BCUT2D eigenvalue weighted by Crippen LogP contribution is -3.16. The van der Waals surface area contributed by atoms with Crippen molar-refractivity contribution in [1.29, 1.82) is 0 Å². The summed E-state index contributed by atoms with van der Waals surface area (Å²) in [6.45, 7) is 4.22. The van der Waals surface area contributed by atoms with Gasteiger partial charge in [-0.2, -0.15) is 0 Å². The van der Waals surface area contributed by atoms with Crippen LogP contribution >= 0.6 is 0 Å². The molecule has 150 valence electrons. The van der Waals surface area contributed by atoms with Crippen molar-refractivity contribution in [2.75, 3.05) is 51.3 Å². The van der Waals surface area contributed by atoms with E-state index < -0.39 is 11.0 Å². The first kappa shape index (κ1) is 19.9. The summed E-state index contributed by atoms with van der Waals surface area (Å²) in [6, 6.07) is 14.2. The highest BCUT2D eigenvalue weighted by Crippen LogP contribution is 2.25. The van der Waals surface area contributed by atoms with Crippen LogP contribution < -0.4 is 19.3 Å². The molecule has 1 fully saturated rings. The quantitative estimate of drug-likeness (QED) is 0.512. The molecule has 3 rings (SSSR count). The average molecular weight is 388 g/mol. The van der Waals surface area contributed by atoms with Gasteiger partial charge in [0, 0.05) is 11.8 Å². The van der Waals surface area contributed by atoms with Gasteiger partial charge in [0.25, 0.3) is 0 Å². The van der Waals surface area contributed by atoms with Crippen molar-refractivity contribution >= 4 is 11.4 Å². The first-order chi connectivity index (χ1) is 13.6. The molecule has 8 heteroatoms. The number of ether oxygens (including phenoxy) is 2. The molecule has 1 saturated heterocycles. The lowest BCUT2D eigenvalue weighted by Gasteiger charge is -2.34. The van der Waals surface area contributed by atoms with Crippen LogP contribution in [0.25, 0.3) is 0 Å². The Hall–Kier alpha value is -2.84. The molecular weight excluding hydrogens is 362 g/mol. The normalized spacial score (nSPS) is 15.9. The lowest BCUT2D eigenvalue weighted by atomic mass is 10.2. The number of aliphatic hydroxyl groups is 1. The van der Waals surface area contributed by atoms with Gasteiger partial charge in [0.1, 0.15) is 25.0 Å². The van der Waals surface area contributed by atoms with Crippen LogP contribution in [0.4, 0.5) is 11.4 Å². The van der Waals surface area contributed by atoms with Crippen LogP contribution in [0.1, 0.15) is 0 Å². The van der Waals surface area contributed by atoms with Crippen LogP contribution in [0.15, 0.2) is 48.5 Å². The van der Waals surface area contributed by atoms with Crippen LogP contribution in [-0.2, 0) is 0 Å². The molecule has 2 N–H and O–H groups in total. The minimum Gasteiger partial charge on any atom is -0.497 e. The number of rotatable bonds is 8. The maximum absolute atomic E-state index is 11.0. The van der Waals surface area contributed by atoms with Crippen molar-refractivity contribution in [3.05, 3.63) is 58.6 Å². The molecule has 0 amide bonds. The van der Waals surface area contributed by atoms with E-state index in [-0.39, 0.29) is 18.0 Å². The van der Waals surface area contributed by atoms with Crippen molar-refractivity contribution in [2.24, 2.45) is 0 Å². The molecule has 1 aliphatic heterocycles. The fourth-order valence-electron chi connectivity index (χ4n) is 3.39. The topological polar surface area (TPSA) is 89.5 Å². The van der Waals surface area contributed by atoms with E-state index >= 15 is 0 Å². The Morgan fingerprint density at radius 1 is 1.18 bits per heavy atom. The lowest BCUT2D eigenvalue weighted by molar-refractivity contribution is -0.903. The summed E-state index contributed by atoms with van der Waals surface area (Å²) in [4.78, 5) is 14.1. The zero-order valence-corrected chi connectivity index (χ0v) is 15.9. The van der Waals surface area contributed by atoms with E-state index in [1.54, 1.807) is 25.3 Å². The van der Waals surface area contributed by atoms with Gasteiger partial charge in [-0.05, 0) is 30.3 Å². The van der Waals surface area contributed by atoms with Gasteiger partial charge < -0.3 is 24.4 Å². The minimum absolute atomic E-state index is 0.0382. The molecule has 0 spiro atoms. The van der Waals surface area contributed by atoms with E-state index in [0.29, 0.717) is 6.54 Å². The summed E-state index contributed by atoms with van der Waals surface area (Å²) in [7, 11) is 1.65. The number of nitrogens with zero attached hydrogens (tertiary/aromatic N) is 2. The van der Waals surface area contributed by atoms with E-state index in [1.807, 2.05) is 12.1 Å². The maximum atomic E-state index is 11.0. The molecule has 2 aromatic carbocycles. The Labute approximate surface area is 164 Å². The second-order valence-corrected chi connectivity index (χ2v) is 6.83. The molecule has 2 aromatic rings. The number of nitro benzene ring substituents is 1. The number of nitro groups is 1. The Balaban J connectivity index is 1.45. The van der Waals surface area contributed by atoms with E-state index in [4.69, 9.17) is 9.47 Å². The molecule has 0 saturated carbocycles. The van der Waals surface area contributed by atoms with Gasteiger partial charge >= 0.3 is 5.69 Å². The molecule has 1 heterocycles. The van der Waals surface area contributed by atoms with Gasteiger partial charge in [0.15, 0.2) is 5.75 Å². The number of hydrogen-bond acceptors (Lipinski definition) is 6. The molecule has 8 nitrogen and oxygen atoms in total. The monoisotopic (exact) mass is 388 g/mol. The van der Waals surface area contributed by atoms with Gasteiger partial charge in [-0.1, -0.05) is 12.1 Å². The van der Waals surface area contributed by atoms with Crippen molar-refractivity contribution in [2.45, 2.75) is 6.10 Å². The van der Waals surface area contributed by atoms with E-state index in [2.05, 4.69) is 17.0 Å². The van der Waals surface area contributed by atoms with Crippen molar-refractivity contribution < 1.29 is 24.4 Å². The summed E-state index contributed by atoms with van der Waals surface area (Å²) in [5, 5.41) is 21.3. The van der Waals surface area contributed by atoms with Gasteiger partial charge in [0.05, 0.1) is 38.2 Å². The smallest absolute Gasteiger partial charge is 0.310 e. The predicted octanol–water partition coefficient (Wildman–Crippen LogP) is 0.748. The van der Waals surface area contributed by atoms with Crippen LogP contribution in [-0.4, -0.2) is 62.6 Å². The average Bonchev–Trinajstić information content (AvgIpc) is 2.73. The third-order valence-corrected chi connectivity index (χ3v) is 4.93. The first-order valence-corrected chi connectivity index (χ1v) is 9.33. The predicted molar refractivity (Wildman–Crippen MR) is 105 cm³/mol. The highest BCUT2D eigenvalue weighted by molar-refractivity contribution is 5.49. The molecule has 0 radical (unpaired) electrons. The zero-order valence-electron chi connectivity index (χ0n) is 15.9. The number of aliphatic hydroxyl groups excluding tert-OH is 1. The number of quaternary nitrogens is 1. The summed E-state index contributed by atoms with van der Waals surface area (Å²) < 4.78 is 10.7. The standard InChI is InChI=1S/C20H25N3O5/c1-27-18-8-6-16(7-9-18)22-12-10-21(11-13-22)14-17(24)15-28-20-5-3-2-4-19(20)23(25)26/h2-9,17,24H,10-15H2,1H3/p+1/t17-/m1/s1. The number of methoxy groups -OCH3 is 1. The molecule has 1 atom stereocenters. The largest absolute Gasteiger partial charge is 0.497 e. The molecule has 0 bridgehead atoms. The molecular formula is C20H26N3O5+. The Morgan fingerprint density at radius 2 is 1.86 bits per heavy atom. The van der Waals surface area contributed by atoms with Crippen LogP contribution in [0, 0.1) is 10.1 Å². The number of para-hydroxylation sites is 2. The molecule has 1 aliphatic rings. The molecule has 28 heavy (non-hydrogen) atoms. The van der Waals surface area contributed by atoms with Crippen LogP contribution in [0.2, 0.25) is 0 Å². The summed E-state index contributed by atoms with van der Waals surface area (Å²) >= 11 is 0. The summed E-state index contributed by atoms with van der Waals surface area (Å²) in [5.41, 5.74) is 1.08. The summed E-state index contributed by atoms with van der Waals surface area (Å²) in [6.07, 6.45) is -0.678. The number of piperazine rings is 1. The first-order valence-electron chi connectivity index (χ1n) is 9.33. The van der Waals surface area contributed by atoms with Gasteiger partial charge in [0.2, 0.25) is 0 Å². The third-order valence-electron chi connectivity index (χ3n) is 4.93. The Kier molecular flexibility index (Phi) is 6.67. The number of anilines is 1. The zero-order chi connectivity index (χ0) is 19.9. The number of benzene rings is 2. The second kappa shape index (κ2) is 9.38.